The molecule has 0 unspecified atom stereocenters. The van der Waals surface area contributed by atoms with Crippen molar-refractivity contribution >= 4 is 40.1 Å². The van der Waals surface area contributed by atoms with Crippen molar-refractivity contribution < 1.29 is 18.4 Å². The number of halogens is 4. The van der Waals surface area contributed by atoms with Crippen LogP contribution >= 0.6 is 11.6 Å². The lowest BCUT2D eigenvalue weighted by atomic mass is 10.1. The van der Waals surface area contributed by atoms with Crippen LogP contribution in [0.1, 0.15) is 11.4 Å². The van der Waals surface area contributed by atoms with Crippen LogP contribution in [-0.2, 0) is 13.6 Å². The zero-order valence-corrected chi connectivity index (χ0v) is 16.7. The fraction of sp³-hybridized carbons (Fsp3) is 0.105. The molecule has 2 aromatic heterocycles. The van der Waals surface area contributed by atoms with Gasteiger partial charge in [-0.05, 0) is 24.3 Å². The van der Waals surface area contributed by atoms with E-state index in [1.807, 2.05) is 12.5 Å². The Bertz CT molecular complexity index is 1300. The molecule has 0 saturated heterocycles. The molecule has 4 rings (SSSR count). The van der Waals surface area contributed by atoms with Crippen LogP contribution in [0.25, 0.3) is 11.0 Å². The minimum atomic E-state index is -1.19. The summed E-state index contributed by atoms with van der Waals surface area (Å²) in [5.41, 5.74) is 1.81. The third kappa shape index (κ3) is 4.05. The van der Waals surface area contributed by atoms with Gasteiger partial charge in [0, 0.05) is 25.0 Å². The van der Waals surface area contributed by atoms with Crippen LogP contribution in [0.5, 0.6) is 0 Å². The Labute approximate surface area is 178 Å². The van der Waals surface area contributed by atoms with Gasteiger partial charge in [-0.1, -0.05) is 11.6 Å². The number of rotatable bonds is 5. The van der Waals surface area contributed by atoms with Crippen molar-refractivity contribution in [1.82, 2.24) is 25.0 Å². The van der Waals surface area contributed by atoms with Gasteiger partial charge in [0.25, 0.3) is 0 Å². The quantitative estimate of drug-likeness (QED) is 0.209. The van der Waals surface area contributed by atoms with Crippen LogP contribution in [0.15, 0.2) is 41.7 Å². The van der Waals surface area contributed by atoms with Crippen LogP contribution in [0.4, 0.5) is 24.8 Å². The van der Waals surface area contributed by atoms with Gasteiger partial charge in [0.15, 0.2) is 17.5 Å². The SMILES string of the molecule is Cn1ccnc1CNc1nc2c(F)c(F)cc(C(=Nc3ccc(F)c(Cl)c3)NO)c2[nH]1. The molecule has 0 atom stereocenters. The van der Waals surface area contributed by atoms with E-state index in [4.69, 9.17) is 11.6 Å². The summed E-state index contributed by atoms with van der Waals surface area (Å²) in [6.45, 7) is 0.274. The molecule has 0 aliphatic rings. The third-order valence-electron chi connectivity index (χ3n) is 4.50. The first-order valence-electron chi connectivity index (χ1n) is 8.89. The van der Waals surface area contributed by atoms with Crippen molar-refractivity contribution in [1.29, 1.82) is 0 Å². The molecule has 4 aromatic rings. The maximum Gasteiger partial charge on any atom is 0.201 e. The van der Waals surface area contributed by atoms with Gasteiger partial charge in [0.2, 0.25) is 5.95 Å². The fourth-order valence-electron chi connectivity index (χ4n) is 2.93. The molecule has 0 amide bonds. The Morgan fingerprint density at radius 3 is 2.74 bits per heavy atom. The molecule has 12 heteroatoms. The molecule has 31 heavy (non-hydrogen) atoms. The summed E-state index contributed by atoms with van der Waals surface area (Å²) < 4.78 is 43.8. The van der Waals surface area contributed by atoms with Gasteiger partial charge in [-0.3, -0.25) is 10.7 Å². The van der Waals surface area contributed by atoms with Crippen molar-refractivity contribution in [3.05, 3.63) is 70.5 Å². The van der Waals surface area contributed by atoms with Crippen LogP contribution in [0.2, 0.25) is 5.02 Å². The molecule has 160 valence electrons. The van der Waals surface area contributed by atoms with Gasteiger partial charge in [-0.2, -0.15) is 0 Å². The van der Waals surface area contributed by atoms with E-state index >= 15 is 0 Å². The van der Waals surface area contributed by atoms with E-state index in [-0.39, 0.29) is 45.6 Å². The Hall–Kier alpha value is -3.57. The van der Waals surface area contributed by atoms with Crippen molar-refractivity contribution in [2.24, 2.45) is 12.0 Å². The monoisotopic (exact) mass is 449 g/mol. The summed E-state index contributed by atoms with van der Waals surface area (Å²) in [5.74, 6) is -2.38. The number of aliphatic imine (C=N–C) groups is 1. The number of hydrogen-bond acceptors (Lipinski definition) is 5. The van der Waals surface area contributed by atoms with Crippen molar-refractivity contribution in [2.45, 2.75) is 6.54 Å². The van der Waals surface area contributed by atoms with Gasteiger partial charge >= 0.3 is 0 Å². The first-order chi connectivity index (χ1) is 14.9. The number of aromatic nitrogens is 4. The Morgan fingerprint density at radius 1 is 1.26 bits per heavy atom. The maximum atomic E-state index is 14.4. The second kappa shape index (κ2) is 8.28. The lowest BCUT2D eigenvalue weighted by Crippen LogP contribution is -2.21. The molecule has 0 radical (unpaired) electrons. The first-order valence-corrected chi connectivity index (χ1v) is 9.27. The number of hydroxylamine groups is 1. The van der Waals surface area contributed by atoms with Gasteiger partial charge in [-0.25, -0.2) is 28.1 Å². The van der Waals surface area contributed by atoms with Crippen LogP contribution in [-0.4, -0.2) is 30.6 Å². The smallest absolute Gasteiger partial charge is 0.201 e. The number of aromatic amines is 1. The van der Waals surface area contributed by atoms with Crippen LogP contribution < -0.4 is 10.8 Å². The Kier molecular flexibility index (Phi) is 5.53. The predicted molar refractivity (Wildman–Crippen MR) is 109 cm³/mol. The average Bonchev–Trinajstić information content (AvgIpc) is 3.36. The molecule has 0 aliphatic heterocycles. The molecule has 0 saturated carbocycles. The first kappa shape index (κ1) is 20.7. The normalized spacial score (nSPS) is 11.9. The van der Waals surface area contributed by atoms with E-state index in [9.17, 15) is 18.4 Å². The van der Waals surface area contributed by atoms with E-state index in [2.05, 4.69) is 25.3 Å². The summed E-state index contributed by atoms with van der Waals surface area (Å²) >= 11 is 5.75. The van der Waals surface area contributed by atoms with Crippen molar-refractivity contribution in [3.8, 4) is 0 Å². The maximum absolute atomic E-state index is 14.4. The van der Waals surface area contributed by atoms with E-state index < -0.39 is 17.5 Å². The van der Waals surface area contributed by atoms with Gasteiger partial charge in [-0.15, -0.1) is 0 Å². The number of H-pyrrole nitrogens is 1. The molecule has 2 heterocycles. The average molecular weight is 450 g/mol. The predicted octanol–water partition coefficient (Wildman–Crippen LogP) is 4.04. The molecule has 8 nitrogen and oxygen atoms in total. The fourth-order valence-corrected chi connectivity index (χ4v) is 3.11. The number of amidine groups is 1. The van der Waals surface area contributed by atoms with E-state index in [0.29, 0.717) is 5.82 Å². The number of imidazole rings is 2. The Balaban J connectivity index is 1.76. The Morgan fingerprint density at radius 2 is 2.06 bits per heavy atom. The highest BCUT2D eigenvalue weighted by Crippen LogP contribution is 2.27. The number of fused-ring (bicyclic) bond motifs is 1. The number of anilines is 1. The number of hydrogen-bond donors (Lipinski definition) is 4. The minimum absolute atomic E-state index is 0.00520. The molecule has 0 aliphatic carbocycles. The topological polar surface area (TPSA) is 103 Å². The molecule has 0 spiro atoms. The van der Waals surface area contributed by atoms with E-state index in [1.165, 1.54) is 12.1 Å². The summed E-state index contributed by atoms with van der Waals surface area (Å²) in [6.07, 6.45) is 3.39. The lowest BCUT2D eigenvalue weighted by Gasteiger charge is -2.08. The summed E-state index contributed by atoms with van der Waals surface area (Å²) in [5, 5.41) is 12.4. The second-order valence-electron chi connectivity index (χ2n) is 6.51. The standard InChI is InChI=1S/C19H15ClF3N7O/c1-30-5-4-24-14(30)8-25-19-27-16-10(7-13(22)15(23)17(16)28-19)18(29-31)26-9-2-3-12(21)11(20)6-9/h2-7,31H,8H2,1H3,(H,26,29)(H2,25,27,28). The highest BCUT2D eigenvalue weighted by Gasteiger charge is 2.20. The number of aryl methyl sites for hydroxylation is 1. The molecule has 0 fully saturated rings. The zero-order chi connectivity index (χ0) is 22.1. The van der Waals surface area contributed by atoms with E-state index in [0.717, 1.165) is 12.1 Å². The molecule has 4 N–H and O–H groups in total. The number of nitrogens with one attached hydrogen (secondary N) is 3. The molecular formula is C19H15ClF3N7O. The minimum Gasteiger partial charge on any atom is -0.349 e. The lowest BCUT2D eigenvalue weighted by molar-refractivity contribution is 0.235. The summed E-state index contributed by atoms with van der Waals surface area (Å²) in [7, 11) is 1.81. The molecular weight excluding hydrogens is 435 g/mol. The van der Waals surface area contributed by atoms with Gasteiger partial charge in [0.05, 0.1) is 22.8 Å². The third-order valence-corrected chi connectivity index (χ3v) is 4.79. The molecule has 2 aromatic carbocycles. The molecule has 0 bridgehead atoms. The number of benzene rings is 2. The largest absolute Gasteiger partial charge is 0.349 e. The summed E-state index contributed by atoms with van der Waals surface area (Å²) in [6, 6.07) is 4.47. The highest BCUT2D eigenvalue weighted by atomic mass is 35.5. The van der Waals surface area contributed by atoms with Crippen LogP contribution in [0.3, 0.4) is 0 Å². The number of nitrogens with zero attached hydrogens (tertiary/aromatic N) is 4. The van der Waals surface area contributed by atoms with E-state index in [1.54, 1.807) is 17.0 Å². The van der Waals surface area contributed by atoms with Crippen molar-refractivity contribution in [2.75, 3.05) is 5.32 Å². The van der Waals surface area contributed by atoms with Crippen LogP contribution in [0, 0.1) is 17.5 Å². The zero-order valence-electron chi connectivity index (χ0n) is 15.9. The van der Waals surface area contributed by atoms with Gasteiger partial charge < -0.3 is 14.9 Å². The van der Waals surface area contributed by atoms with Gasteiger partial charge in [0.1, 0.15) is 17.2 Å². The second-order valence-corrected chi connectivity index (χ2v) is 6.91. The summed E-state index contributed by atoms with van der Waals surface area (Å²) in [4.78, 5) is 15.2. The van der Waals surface area contributed by atoms with Crippen molar-refractivity contribution in [3.63, 3.8) is 0 Å². The highest BCUT2D eigenvalue weighted by molar-refractivity contribution is 6.31.